The van der Waals surface area contributed by atoms with E-state index in [4.69, 9.17) is 9.47 Å². The Kier molecular flexibility index (Phi) is 6.39. The molecule has 0 spiro atoms. The van der Waals surface area contributed by atoms with Crippen LogP contribution in [0.1, 0.15) is 63.0 Å². The number of tetrazole rings is 1. The summed E-state index contributed by atoms with van der Waals surface area (Å²) in [5.41, 5.74) is 2.39. The van der Waals surface area contributed by atoms with Gasteiger partial charge in [-0.05, 0) is 73.6 Å². The Morgan fingerprint density at radius 1 is 1.11 bits per heavy atom. The van der Waals surface area contributed by atoms with E-state index in [1.54, 1.807) is 0 Å². The summed E-state index contributed by atoms with van der Waals surface area (Å²) in [5, 5.41) is 13.9. The van der Waals surface area contributed by atoms with Crippen LogP contribution in [0.15, 0.2) is 53.3 Å². The Balaban J connectivity index is 1.38. The maximum atomic E-state index is 13.6. The number of aromatic amines is 1. The highest BCUT2D eigenvalue weighted by molar-refractivity contribution is 5.83. The van der Waals surface area contributed by atoms with Crippen molar-refractivity contribution in [3.63, 3.8) is 0 Å². The molecular weight excluding hydrogens is 480 g/mol. The summed E-state index contributed by atoms with van der Waals surface area (Å²) in [7, 11) is 0. The molecule has 2 aliphatic rings. The fourth-order valence-electron chi connectivity index (χ4n) is 5.81. The molecule has 38 heavy (non-hydrogen) atoms. The Bertz CT molecular complexity index is 1490. The SMILES string of the molecule is CCC(C)(C)n1nnnc1C(c1cc2cc3c(cc2[nH]c1=O)OCO3)[NH+]1CCC(Cc2ccccc2)CC1. The van der Waals surface area contributed by atoms with Crippen LogP contribution < -0.4 is 19.9 Å². The Hall–Kier alpha value is -3.72. The van der Waals surface area contributed by atoms with Crippen LogP contribution in [0, 0.1) is 5.92 Å². The van der Waals surface area contributed by atoms with Crippen molar-refractivity contribution < 1.29 is 14.4 Å². The number of nitrogens with one attached hydrogen (secondary N) is 2. The molecule has 0 aliphatic carbocycles. The highest BCUT2D eigenvalue weighted by Gasteiger charge is 2.39. The predicted octanol–water partition coefficient (Wildman–Crippen LogP) is 3.02. The Labute approximate surface area is 221 Å². The summed E-state index contributed by atoms with van der Waals surface area (Å²) in [6.45, 7) is 8.48. The molecule has 2 aliphatic heterocycles. The zero-order valence-corrected chi connectivity index (χ0v) is 22.2. The van der Waals surface area contributed by atoms with Crippen LogP contribution in [0.4, 0.5) is 0 Å². The molecule has 1 saturated heterocycles. The third-order valence-electron chi connectivity index (χ3n) is 8.39. The molecule has 0 bridgehead atoms. The second kappa shape index (κ2) is 9.87. The van der Waals surface area contributed by atoms with Crippen molar-refractivity contribution in [3.05, 3.63) is 75.8 Å². The lowest BCUT2D eigenvalue weighted by Gasteiger charge is -2.35. The number of quaternary nitrogens is 1. The van der Waals surface area contributed by atoms with Crippen molar-refractivity contribution in [2.45, 2.75) is 58.0 Å². The maximum absolute atomic E-state index is 13.6. The van der Waals surface area contributed by atoms with Gasteiger partial charge in [-0.3, -0.25) is 4.79 Å². The van der Waals surface area contributed by atoms with E-state index >= 15 is 0 Å². The summed E-state index contributed by atoms with van der Waals surface area (Å²) in [5.74, 6) is 2.70. The predicted molar refractivity (Wildman–Crippen MR) is 144 cm³/mol. The smallest absolute Gasteiger partial charge is 0.258 e. The zero-order valence-electron chi connectivity index (χ0n) is 22.2. The van der Waals surface area contributed by atoms with Crippen LogP contribution in [0.3, 0.4) is 0 Å². The lowest BCUT2D eigenvalue weighted by atomic mass is 9.88. The average molecular weight is 516 g/mol. The largest absolute Gasteiger partial charge is 0.454 e. The van der Waals surface area contributed by atoms with Gasteiger partial charge >= 0.3 is 0 Å². The molecule has 0 saturated carbocycles. The average Bonchev–Trinajstić information content (AvgIpc) is 3.60. The van der Waals surface area contributed by atoms with Crippen LogP contribution in [-0.2, 0) is 12.0 Å². The third kappa shape index (κ3) is 4.55. The monoisotopic (exact) mass is 515 g/mol. The van der Waals surface area contributed by atoms with E-state index in [9.17, 15) is 4.79 Å². The number of ether oxygens (including phenoxy) is 2. The summed E-state index contributed by atoms with van der Waals surface area (Å²) < 4.78 is 13.0. The number of nitrogens with zero attached hydrogens (tertiary/aromatic N) is 4. The molecule has 4 aromatic rings. The van der Waals surface area contributed by atoms with E-state index in [1.807, 2.05) is 22.9 Å². The van der Waals surface area contributed by atoms with Crippen molar-refractivity contribution >= 4 is 10.9 Å². The first-order valence-electron chi connectivity index (χ1n) is 13.6. The first-order chi connectivity index (χ1) is 18.4. The number of piperidine rings is 1. The van der Waals surface area contributed by atoms with Crippen molar-refractivity contribution in [3.8, 4) is 11.5 Å². The summed E-state index contributed by atoms with van der Waals surface area (Å²) in [6.07, 6.45) is 4.13. The van der Waals surface area contributed by atoms with Gasteiger partial charge in [0.2, 0.25) is 12.6 Å². The lowest BCUT2D eigenvalue weighted by molar-refractivity contribution is -0.932. The molecule has 2 aromatic carbocycles. The van der Waals surface area contributed by atoms with Gasteiger partial charge in [0.25, 0.3) is 5.56 Å². The molecule has 4 heterocycles. The topological polar surface area (TPSA) is 99.4 Å². The molecule has 0 radical (unpaired) electrons. The quantitative estimate of drug-likeness (QED) is 0.393. The van der Waals surface area contributed by atoms with Gasteiger partial charge in [0, 0.05) is 11.5 Å². The molecule has 1 atom stereocenters. The van der Waals surface area contributed by atoms with Gasteiger partial charge in [0.05, 0.1) is 29.7 Å². The van der Waals surface area contributed by atoms with Crippen molar-refractivity contribution in [2.75, 3.05) is 19.9 Å². The van der Waals surface area contributed by atoms with Crippen LogP contribution in [0.2, 0.25) is 0 Å². The Morgan fingerprint density at radius 3 is 2.58 bits per heavy atom. The summed E-state index contributed by atoms with van der Waals surface area (Å²) in [6, 6.07) is 16.2. The van der Waals surface area contributed by atoms with E-state index in [2.05, 4.69) is 71.6 Å². The van der Waals surface area contributed by atoms with Gasteiger partial charge in [0.15, 0.2) is 17.5 Å². The second-order valence-corrected chi connectivity index (χ2v) is 11.2. The van der Waals surface area contributed by atoms with Crippen LogP contribution in [-0.4, -0.2) is 45.1 Å². The van der Waals surface area contributed by atoms with Gasteiger partial charge in [0.1, 0.15) is 0 Å². The standard InChI is InChI=1S/C29H34N6O3/c1-4-29(2,3)35-27(31-32-33-35)26(34-12-10-20(11-13-34)14-19-8-6-5-7-9-19)22-15-21-16-24-25(38-18-37-24)17-23(21)30-28(22)36/h5-9,15-17,20,26H,4,10-14,18H2,1-3H3,(H,30,36)/p+1. The van der Waals surface area contributed by atoms with Crippen molar-refractivity contribution in [2.24, 2.45) is 5.92 Å². The van der Waals surface area contributed by atoms with Crippen LogP contribution in [0.25, 0.3) is 10.9 Å². The zero-order chi connectivity index (χ0) is 26.3. The molecule has 2 aromatic heterocycles. The number of hydrogen-bond donors (Lipinski definition) is 2. The number of rotatable bonds is 7. The van der Waals surface area contributed by atoms with Gasteiger partial charge in [-0.2, -0.15) is 0 Å². The molecule has 6 rings (SSSR count). The molecule has 1 unspecified atom stereocenters. The van der Waals surface area contributed by atoms with E-state index in [1.165, 1.54) is 10.5 Å². The van der Waals surface area contributed by atoms with E-state index < -0.39 is 0 Å². The molecular formula is C29H35N6O3+. The molecule has 198 valence electrons. The highest BCUT2D eigenvalue weighted by atomic mass is 16.7. The van der Waals surface area contributed by atoms with Gasteiger partial charge < -0.3 is 19.4 Å². The Morgan fingerprint density at radius 2 is 1.84 bits per heavy atom. The van der Waals surface area contributed by atoms with Crippen LogP contribution in [0.5, 0.6) is 11.5 Å². The minimum absolute atomic E-state index is 0.121. The molecule has 1 fully saturated rings. The van der Waals surface area contributed by atoms with Gasteiger partial charge in [-0.1, -0.05) is 37.3 Å². The fraction of sp³-hybridized carbons (Fsp3) is 0.448. The van der Waals surface area contributed by atoms with Gasteiger partial charge in [-0.25, -0.2) is 4.68 Å². The van der Waals surface area contributed by atoms with E-state index in [0.717, 1.165) is 55.5 Å². The number of pyridine rings is 1. The molecule has 2 N–H and O–H groups in total. The highest BCUT2D eigenvalue weighted by Crippen LogP contribution is 2.36. The number of benzene rings is 2. The number of fused-ring (bicyclic) bond motifs is 2. The molecule has 9 nitrogen and oxygen atoms in total. The number of hydrogen-bond acceptors (Lipinski definition) is 6. The second-order valence-electron chi connectivity index (χ2n) is 11.2. The summed E-state index contributed by atoms with van der Waals surface area (Å²) in [4.78, 5) is 18.1. The number of H-pyrrole nitrogens is 1. The van der Waals surface area contributed by atoms with E-state index in [0.29, 0.717) is 23.0 Å². The maximum Gasteiger partial charge on any atom is 0.258 e. The van der Waals surface area contributed by atoms with Crippen molar-refractivity contribution in [1.82, 2.24) is 25.2 Å². The normalized spacial score (nSPS) is 20.1. The van der Waals surface area contributed by atoms with Gasteiger partial charge in [-0.15, -0.1) is 5.10 Å². The first-order valence-corrected chi connectivity index (χ1v) is 13.6. The fourth-order valence-corrected chi connectivity index (χ4v) is 5.81. The minimum atomic E-state index is -0.285. The minimum Gasteiger partial charge on any atom is -0.454 e. The molecule has 9 heteroatoms. The lowest BCUT2D eigenvalue weighted by Crippen LogP contribution is -3.13. The van der Waals surface area contributed by atoms with Crippen LogP contribution >= 0.6 is 0 Å². The van der Waals surface area contributed by atoms with E-state index in [-0.39, 0.29) is 23.9 Å². The number of likely N-dealkylation sites (tertiary alicyclic amines) is 1. The van der Waals surface area contributed by atoms with Crippen molar-refractivity contribution in [1.29, 1.82) is 0 Å². The number of aromatic nitrogens is 5. The summed E-state index contributed by atoms with van der Waals surface area (Å²) >= 11 is 0. The third-order valence-corrected chi connectivity index (χ3v) is 8.39. The molecule has 0 amide bonds. The first kappa shape index (κ1) is 24.6.